The van der Waals surface area contributed by atoms with E-state index < -0.39 is 10.2 Å². The average Bonchev–Trinajstić information content (AvgIpc) is 3.01. The number of hydrogen-bond acceptors (Lipinski definition) is 4. The van der Waals surface area contributed by atoms with Gasteiger partial charge in [-0.25, -0.2) is 18.6 Å². The van der Waals surface area contributed by atoms with Crippen LogP contribution in [0.15, 0.2) is 91.0 Å². The highest BCUT2D eigenvalue weighted by Crippen LogP contribution is 2.48. The summed E-state index contributed by atoms with van der Waals surface area (Å²) in [6.45, 7) is 0. The van der Waals surface area contributed by atoms with Crippen molar-refractivity contribution in [2.24, 2.45) is 0 Å². The largest absolute Gasteiger partial charge is 0.222 e. The first-order valence-electron chi connectivity index (χ1n) is 7.71. The number of rotatable bonds is 2. The lowest BCUT2D eigenvalue weighted by Gasteiger charge is -2.17. The Kier molecular flexibility index (Phi) is 5.68. The molecule has 0 N–H and O–H groups in total. The topological polar surface area (TPSA) is 92.2 Å². The minimum Gasteiger partial charge on any atom is -0.222 e. The zero-order chi connectivity index (χ0) is 18.6. The Morgan fingerprint density at radius 1 is 0.615 bits per heavy atom. The number of halogens is 1. The van der Waals surface area contributed by atoms with Gasteiger partial charge in [0, 0.05) is 27.5 Å². The molecule has 0 radical (unpaired) electrons. The summed E-state index contributed by atoms with van der Waals surface area (Å²) in [6.07, 6.45) is 0. The van der Waals surface area contributed by atoms with Crippen molar-refractivity contribution in [2.75, 3.05) is 0 Å². The molecule has 4 rings (SSSR count). The van der Waals surface area contributed by atoms with Gasteiger partial charge in [-0.15, -0.1) is 10.2 Å². The van der Waals surface area contributed by atoms with Gasteiger partial charge < -0.3 is 0 Å². The second kappa shape index (κ2) is 7.97. The predicted octanol–water partition coefficient (Wildman–Crippen LogP) is 1.49. The highest BCUT2D eigenvalue weighted by molar-refractivity contribution is 7.47. The number of fused-ring (bicyclic) bond motifs is 1. The molecule has 1 atom stereocenters. The second-order valence-corrected chi connectivity index (χ2v) is 8.13. The monoisotopic (exact) mass is 386 g/mol. The van der Waals surface area contributed by atoms with Gasteiger partial charge in [-0.2, -0.15) is 0 Å². The van der Waals surface area contributed by atoms with E-state index in [4.69, 9.17) is 18.6 Å². The minimum atomic E-state index is -4.94. The first kappa shape index (κ1) is 18.5. The number of hydrogen-bond donors (Lipinski definition) is 0. The maximum Gasteiger partial charge on any atom is 0.187 e. The summed E-state index contributed by atoms with van der Waals surface area (Å²) in [7, 11) is -4.94. The highest BCUT2D eigenvalue weighted by Gasteiger charge is 2.23. The fourth-order valence-corrected chi connectivity index (χ4v) is 5.09. The van der Waals surface area contributed by atoms with Gasteiger partial charge in [0.2, 0.25) is 0 Å². The lowest BCUT2D eigenvalue weighted by atomic mass is 10.2. The van der Waals surface area contributed by atoms with E-state index in [9.17, 15) is 0 Å². The van der Waals surface area contributed by atoms with Gasteiger partial charge in [0.15, 0.2) is 14.5 Å². The molecular weight excluding hydrogens is 372 g/mol. The van der Waals surface area contributed by atoms with Crippen LogP contribution in [0.4, 0.5) is 0 Å². The summed E-state index contributed by atoms with van der Waals surface area (Å²) >= 11 is 0. The molecule has 1 aromatic heterocycles. The van der Waals surface area contributed by atoms with Crippen molar-refractivity contribution in [1.29, 1.82) is 0 Å². The standard InChI is InChI=1S/C20H15S.ClHO4/c1-3-9-16(10-4-1)20-15-17-11-7-8-14-19(17)21(20)18-12-5-2-6-13-18;2-1(3,4)5/h1-15H;(H,2,3,4,5)/q+1;/p-1. The van der Waals surface area contributed by atoms with Crippen LogP contribution in [-0.2, 0) is 0 Å². The van der Waals surface area contributed by atoms with E-state index >= 15 is 0 Å². The molecule has 0 saturated heterocycles. The van der Waals surface area contributed by atoms with Gasteiger partial charge in [-0.1, -0.05) is 48.5 Å². The van der Waals surface area contributed by atoms with Gasteiger partial charge in [0.1, 0.15) is 0 Å². The van der Waals surface area contributed by atoms with Crippen molar-refractivity contribution in [1.82, 2.24) is 0 Å². The third-order valence-corrected chi connectivity index (χ3v) is 6.03. The van der Waals surface area contributed by atoms with Crippen LogP contribution in [0.2, 0.25) is 0 Å². The molecule has 1 heterocycles. The van der Waals surface area contributed by atoms with Crippen molar-refractivity contribution < 1.29 is 28.9 Å². The van der Waals surface area contributed by atoms with Crippen LogP contribution in [0.25, 0.3) is 25.4 Å². The molecule has 0 bridgehead atoms. The first-order valence-corrected chi connectivity index (χ1v) is 10.2. The van der Waals surface area contributed by atoms with Crippen LogP contribution >= 0.6 is 10.5 Å². The first-order chi connectivity index (χ1) is 12.4. The fourth-order valence-electron chi connectivity index (χ4n) is 2.72. The van der Waals surface area contributed by atoms with Crippen LogP contribution in [0, 0.1) is 10.2 Å². The molecule has 4 aromatic rings. The fraction of sp³-hybridized carbons (Fsp3) is 0. The molecule has 4 nitrogen and oxygen atoms in total. The molecule has 3 aromatic carbocycles. The van der Waals surface area contributed by atoms with Crippen LogP contribution in [0.3, 0.4) is 0 Å². The molecule has 0 aliphatic heterocycles. The van der Waals surface area contributed by atoms with Crippen LogP contribution in [0.1, 0.15) is 0 Å². The number of thiophene rings is 1. The van der Waals surface area contributed by atoms with Crippen LogP contribution in [0.5, 0.6) is 0 Å². The maximum atomic E-state index is 8.49. The molecule has 1 unspecified atom stereocenters. The molecule has 0 aliphatic carbocycles. The predicted molar refractivity (Wildman–Crippen MR) is 93.2 cm³/mol. The third-order valence-electron chi connectivity index (χ3n) is 3.68. The molecule has 26 heavy (non-hydrogen) atoms. The summed E-state index contributed by atoms with van der Waals surface area (Å²) in [5, 5.41) is 1.35. The molecule has 6 heteroatoms. The van der Waals surface area contributed by atoms with E-state index in [2.05, 4.69) is 91.0 Å². The third kappa shape index (κ3) is 4.68. The van der Waals surface area contributed by atoms with E-state index in [1.54, 1.807) is 0 Å². The Bertz CT molecular complexity index is 973. The van der Waals surface area contributed by atoms with Crippen molar-refractivity contribution in [2.45, 2.75) is 0 Å². The van der Waals surface area contributed by atoms with E-state index in [1.807, 2.05) is 0 Å². The Morgan fingerprint density at radius 2 is 1.12 bits per heavy atom. The molecular formula is C20H15ClO4S. The summed E-state index contributed by atoms with van der Waals surface area (Å²) in [5.41, 5.74) is 1.32. The normalized spacial score (nSPS) is 11.8. The van der Waals surface area contributed by atoms with Gasteiger partial charge in [-0.3, -0.25) is 0 Å². The molecule has 0 amide bonds. The van der Waals surface area contributed by atoms with E-state index in [-0.39, 0.29) is 10.5 Å². The highest BCUT2D eigenvalue weighted by atomic mass is 35.7. The van der Waals surface area contributed by atoms with Crippen LogP contribution in [-0.4, -0.2) is 0 Å². The quantitative estimate of drug-likeness (QED) is 0.488. The minimum absolute atomic E-state index is 0.00673. The van der Waals surface area contributed by atoms with Crippen molar-refractivity contribution in [3.63, 3.8) is 0 Å². The Labute approximate surface area is 155 Å². The van der Waals surface area contributed by atoms with E-state index in [0.29, 0.717) is 0 Å². The lowest BCUT2D eigenvalue weighted by Crippen LogP contribution is -2.68. The van der Waals surface area contributed by atoms with Gasteiger partial charge in [-0.05, 0) is 36.4 Å². The lowest BCUT2D eigenvalue weighted by molar-refractivity contribution is -2.00. The smallest absolute Gasteiger partial charge is 0.187 e. The zero-order valence-corrected chi connectivity index (χ0v) is 15.2. The second-order valence-electron chi connectivity index (χ2n) is 5.41. The average molecular weight is 387 g/mol. The molecule has 132 valence electrons. The van der Waals surface area contributed by atoms with Crippen molar-refractivity contribution in [3.05, 3.63) is 91.0 Å². The Morgan fingerprint density at radius 3 is 1.73 bits per heavy atom. The summed E-state index contributed by atoms with van der Waals surface area (Å²) < 4.78 is 35.4. The van der Waals surface area contributed by atoms with Crippen molar-refractivity contribution in [3.8, 4) is 15.3 Å². The SMILES string of the molecule is [O-][Cl+3]([O-])([O-])[O-].c1ccc(-c2cc3ccccc3[s+]2-c2ccccc2)cc1. The zero-order valence-electron chi connectivity index (χ0n) is 13.6. The Balaban J connectivity index is 0.000000349. The van der Waals surface area contributed by atoms with E-state index in [0.717, 1.165) is 0 Å². The summed E-state index contributed by atoms with van der Waals surface area (Å²) in [5.74, 6) is 0. The van der Waals surface area contributed by atoms with Crippen LogP contribution < -0.4 is 18.6 Å². The molecule has 0 spiro atoms. The molecule has 0 fully saturated rings. The van der Waals surface area contributed by atoms with Gasteiger partial charge >= 0.3 is 0 Å². The summed E-state index contributed by atoms with van der Waals surface area (Å²) in [6, 6.07) is 32.6. The molecule has 0 saturated carbocycles. The maximum absolute atomic E-state index is 8.49. The van der Waals surface area contributed by atoms with Crippen molar-refractivity contribution >= 4 is 20.6 Å². The van der Waals surface area contributed by atoms with Gasteiger partial charge in [0.05, 0.1) is 0 Å². The van der Waals surface area contributed by atoms with E-state index in [1.165, 1.54) is 25.4 Å². The van der Waals surface area contributed by atoms with Gasteiger partial charge in [0.25, 0.3) is 0 Å². The Hall–Kier alpha value is -2.25. The molecule has 0 aliphatic rings. The summed E-state index contributed by atoms with van der Waals surface area (Å²) in [4.78, 5) is 2.81. The number of benzene rings is 3.